The van der Waals surface area contributed by atoms with Crippen molar-refractivity contribution in [3.8, 4) is 0 Å². The van der Waals surface area contributed by atoms with E-state index in [9.17, 15) is 14.7 Å². The Labute approximate surface area is 147 Å². The highest BCUT2D eigenvalue weighted by Crippen LogP contribution is 2.28. The SMILES string of the molecule is CC(=O)S[C@H](CCc1ccccc1)[C@H](Cc1ccccc1)C(=O)O. The summed E-state index contributed by atoms with van der Waals surface area (Å²) in [5.74, 6) is -1.42. The molecule has 2 aromatic rings. The molecule has 4 heteroatoms. The Bertz CT molecular complexity index is 655. The molecular weight excluding hydrogens is 320 g/mol. The van der Waals surface area contributed by atoms with E-state index in [0.717, 1.165) is 29.3 Å². The number of aryl methyl sites for hydroxylation is 1. The summed E-state index contributed by atoms with van der Waals surface area (Å²) in [5.41, 5.74) is 2.15. The van der Waals surface area contributed by atoms with E-state index >= 15 is 0 Å². The van der Waals surface area contributed by atoms with Crippen LogP contribution in [-0.4, -0.2) is 21.4 Å². The summed E-state index contributed by atoms with van der Waals surface area (Å²) in [7, 11) is 0. The highest BCUT2D eigenvalue weighted by atomic mass is 32.2. The van der Waals surface area contributed by atoms with Gasteiger partial charge in [-0.3, -0.25) is 9.59 Å². The van der Waals surface area contributed by atoms with E-state index in [-0.39, 0.29) is 10.4 Å². The Kier molecular flexibility index (Phi) is 7.07. The molecule has 24 heavy (non-hydrogen) atoms. The number of carbonyl (C=O) groups is 2. The smallest absolute Gasteiger partial charge is 0.307 e. The van der Waals surface area contributed by atoms with Gasteiger partial charge in [0.1, 0.15) is 0 Å². The molecule has 126 valence electrons. The molecular formula is C20H22O3S. The molecule has 2 rings (SSSR count). The molecule has 0 aliphatic rings. The third-order valence-corrected chi connectivity index (χ3v) is 5.14. The fraction of sp³-hybridized carbons (Fsp3) is 0.300. The van der Waals surface area contributed by atoms with Gasteiger partial charge in [0, 0.05) is 12.2 Å². The molecule has 0 aliphatic carbocycles. The molecule has 0 aromatic heterocycles. The molecule has 2 atom stereocenters. The first kappa shape index (κ1) is 18.3. The van der Waals surface area contributed by atoms with E-state index in [4.69, 9.17) is 0 Å². The van der Waals surface area contributed by atoms with Gasteiger partial charge in [0.15, 0.2) is 5.12 Å². The standard InChI is InChI=1S/C20H22O3S/c1-15(21)24-19(13-12-16-8-4-2-5-9-16)18(20(22)23)14-17-10-6-3-7-11-17/h2-11,18-19H,12-14H2,1H3,(H,22,23)/t18-,19+/m0/s1. The third kappa shape index (κ3) is 5.85. The Hall–Kier alpha value is -2.07. The van der Waals surface area contributed by atoms with Gasteiger partial charge in [-0.25, -0.2) is 0 Å². The summed E-state index contributed by atoms with van der Waals surface area (Å²) in [6.07, 6.45) is 1.87. The van der Waals surface area contributed by atoms with Crippen LogP contribution in [-0.2, 0) is 22.4 Å². The zero-order valence-electron chi connectivity index (χ0n) is 13.7. The number of thioether (sulfide) groups is 1. The Morgan fingerprint density at radius 3 is 2.00 bits per heavy atom. The van der Waals surface area contributed by atoms with Crippen LogP contribution in [0.3, 0.4) is 0 Å². The van der Waals surface area contributed by atoms with E-state index in [1.807, 2.05) is 60.7 Å². The second-order valence-electron chi connectivity index (χ2n) is 5.81. The number of carbonyl (C=O) groups excluding carboxylic acids is 1. The molecule has 3 nitrogen and oxygen atoms in total. The molecule has 1 N–H and O–H groups in total. The number of rotatable bonds is 8. The van der Waals surface area contributed by atoms with Gasteiger partial charge in [-0.15, -0.1) is 0 Å². The number of aliphatic carboxylic acids is 1. The first-order valence-corrected chi connectivity index (χ1v) is 8.92. The number of hydrogen-bond acceptors (Lipinski definition) is 3. The van der Waals surface area contributed by atoms with Crippen LogP contribution >= 0.6 is 11.8 Å². The van der Waals surface area contributed by atoms with Crippen LogP contribution in [0.25, 0.3) is 0 Å². The number of benzene rings is 2. The van der Waals surface area contributed by atoms with Gasteiger partial charge < -0.3 is 5.11 Å². The van der Waals surface area contributed by atoms with Gasteiger partial charge in [0.2, 0.25) is 0 Å². The summed E-state index contributed by atoms with van der Waals surface area (Å²) in [5, 5.41) is 9.42. The van der Waals surface area contributed by atoms with Crippen molar-refractivity contribution in [3.05, 3.63) is 71.8 Å². The van der Waals surface area contributed by atoms with E-state index in [1.165, 1.54) is 6.92 Å². The summed E-state index contributed by atoms with van der Waals surface area (Å²) in [6.45, 7) is 1.50. The Morgan fingerprint density at radius 2 is 1.50 bits per heavy atom. The van der Waals surface area contributed by atoms with Crippen LogP contribution < -0.4 is 0 Å². The number of hydrogen-bond donors (Lipinski definition) is 1. The van der Waals surface area contributed by atoms with E-state index < -0.39 is 11.9 Å². The maximum absolute atomic E-state index is 11.8. The van der Waals surface area contributed by atoms with Gasteiger partial charge in [-0.2, -0.15) is 0 Å². The van der Waals surface area contributed by atoms with Crippen molar-refractivity contribution in [3.63, 3.8) is 0 Å². The molecule has 0 spiro atoms. The van der Waals surface area contributed by atoms with Gasteiger partial charge in [0.25, 0.3) is 0 Å². The minimum absolute atomic E-state index is 0.0348. The number of carboxylic acid groups (broad SMARTS) is 1. The van der Waals surface area contributed by atoms with Gasteiger partial charge >= 0.3 is 5.97 Å². The molecule has 0 radical (unpaired) electrons. The highest BCUT2D eigenvalue weighted by Gasteiger charge is 2.29. The lowest BCUT2D eigenvalue weighted by atomic mass is 9.92. The van der Waals surface area contributed by atoms with Crippen molar-refractivity contribution in [2.45, 2.75) is 31.4 Å². The molecule has 0 aliphatic heterocycles. The highest BCUT2D eigenvalue weighted by molar-refractivity contribution is 8.14. The zero-order chi connectivity index (χ0) is 17.4. The normalized spacial score (nSPS) is 13.2. The monoisotopic (exact) mass is 342 g/mol. The van der Waals surface area contributed by atoms with Crippen LogP contribution in [0.15, 0.2) is 60.7 Å². The van der Waals surface area contributed by atoms with Crippen LogP contribution in [0.4, 0.5) is 0 Å². The maximum Gasteiger partial charge on any atom is 0.307 e. The van der Waals surface area contributed by atoms with Crippen molar-refractivity contribution < 1.29 is 14.7 Å². The Morgan fingerprint density at radius 1 is 0.958 bits per heavy atom. The van der Waals surface area contributed by atoms with Gasteiger partial charge in [0.05, 0.1) is 5.92 Å². The molecule has 0 amide bonds. The predicted molar refractivity (Wildman–Crippen MR) is 98.1 cm³/mol. The van der Waals surface area contributed by atoms with Crippen LogP contribution in [0.2, 0.25) is 0 Å². The predicted octanol–water partition coefficient (Wildman–Crippen LogP) is 4.21. The van der Waals surface area contributed by atoms with Crippen molar-refractivity contribution in [2.75, 3.05) is 0 Å². The average Bonchev–Trinajstić information content (AvgIpc) is 2.58. The molecule has 0 unspecified atom stereocenters. The van der Waals surface area contributed by atoms with E-state index in [1.54, 1.807) is 0 Å². The zero-order valence-corrected chi connectivity index (χ0v) is 14.5. The third-order valence-electron chi connectivity index (χ3n) is 3.94. The molecule has 0 saturated heterocycles. The lowest BCUT2D eigenvalue weighted by Gasteiger charge is -2.23. The molecule has 0 heterocycles. The molecule has 0 saturated carbocycles. The second-order valence-corrected chi connectivity index (χ2v) is 7.22. The lowest BCUT2D eigenvalue weighted by molar-refractivity contribution is -0.141. The largest absolute Gasteiger partial charge is 0.481 e. The number of carboxylic acids is 1. The lowest BCUT2D eigenvalue weighted by Crippen LogP contribution is -2.29. The quantitative estimate of drug-likeness (QED) is 0.781. The van der Waals surface area contributed by atoms with Crippen LogP contribution in [0.1, 0.15) is 24.5 Å². The maximum atomic E-state index is 11.8. The van der Waals surface area contributed by atoms with Crippen LogP contribution in [0.5, 0.6) is 0 Å². The summed E-state index contributed by atoms with van der Waals surface area (Å²) in [4.78, 5) is 23.4. The summed E-state index contributed by atoms with van der Waals surface area (Å²) >= 11 is 1.15. The van der Waals surface area contributed by atoms with Crippen molar-refractivity contribution >= 4 is 22.8 Å². The van der Waals surface area contributed by atoms with Gasteiger partial charge in [-0.05, 0) is 30.4 Å². The summed E-state index contributed by atoms with van der Waals surface area (Å²) < 4.78 is 0. The topological polar surface area (TPSA) is 54.4 Å². The van der Waals surface area contributed by atoms with Gasteiger partial charge in [-0.1, -0.05) is 72.4 Å². The first-order chi connectivity index (χ1) is 11.6. The molecule has 2 aromatic carbocycles. The molecule has 0 bridgehead atoms. The second kappa shape index (κ2) is 9.28. The molecule has 0 fully saturated rings. The van der Waals surface area contributed by atoms with Crippen molar-refractivity contribution in [1.29, 1.82) is 0 Å². The Balaban J connectivity index is 2.12. The van der Waals surface area contributed by atoms with Crippen LogP contribution in [0, 0.1) is 5.92 Å². The van der Waals surface area contributed by atoms with E-state index in [0.29, 0.717) is 12.8 Å². The first-order valence-electron chi connectivity index (χ1n) is 8.04. The fourth-order valence-electron chi connectivity index (χ4n) is 2.75. The minimum atomic E-state index is -0.842. The average molecular weight is 342 g/mol. The van der Waals surface area contributed by atoms with Crippen molar-refractivity contribution in [1.82, 2.24) is 0 Å². The minimum Gasteiger partial charge on any atom is -0.481 e. The fourth-order valence-corrected chi connectivity index (χ4v) is 3.79. The summed E-state index contributed by atoms with van der Waals surface area (Å²) in [6, 6.07) is 19.6. The van der Waals surface area contributed by atoms with Crippen molar-refractivity contribution in [2.24, 2.45) is 5.92 Å². The van der Waals surface area contributed by atoms with E-state index in [2.05, 4.69) is 0 Å².